The maximum absolute atomic E-state index is 12.5. The van der Waals surface area contributed by atoms with Crippen molar-refractivity contribution >= 4 is 11.9 Å². The Kier molecular flexibility index (Phi) is 8.05. The first kappa shape index (κ1) is 25.5. The number of fused-ring (bicyclic) bond motifs is 1. The molecule has 2 heterocycles. The van der Waals surface area contributed by atoms with Crippen LogP contribution in [0.3, 0.4) is 0 Å². The summed E-state index contributed by atoms with van der Waals surface area (Å²) in [6.07, 6.45) is -5.92. The van der Waals surface area contributed by atoms with Gasteiger partial charge in [0.25, 0.3) is 0 Å². The number of aliphatic hydroxyl groups is 4. The van der Waals surface area contributed by atoms with E-state index >= 15 is 0 Å². The van der Waals surface area contributed by atoms with Gasteiger partial charge >= 0.3 is 11.9 Å². The van der Waals surface area contributed by atoms with E-state index in [1.165, 1.54) is 13.4 Å². The fourth-order valence-electron chi connectivity index (χ4n) is 4.99. The number of rotatable bonds is 7. The van der Waals surface area contributed by atoms with E-state index in [9.17, 15) is 30.0 Å². The molecular weight excluding hydrogens is 464 g/mol. The number of hydrogen-bond donors (Lipinski definition) is 4. The van der Waals surface area contributed by atoms with Crippen LogP contribution in [0.4, 0.5) is 0 Å². The van der Waals surface area contributed by atoms with Gasteiger partial charge in [0.1, 0.15) is 24.4 Å². The largest absolute Gasteiger partial charge is 0.472 e. The van der Waals surface area contributed by atoms with Crippen LogP contribution in [0.5, 0.6) is 0 Å². The van der Waals surface area contributed by atoms with Gasteiger partial charge in [-0.2, -0.15) is 0 Å². The molecule has 3 aliphatic rings. The van der Waals surface area contributed by atoms with Crippen molar-refractivity contribution in [3.63, 3.8) is 0 Å². The maximum atomic E-state index is 12.5. The Hall–Kier alpha value is -2.54. The van der Waals surface area contributed by atoms with Crippen molar-refractivity contribution in [3.8, 4) is 0 Å². The summed E-state index contributed by atoms with van der Waals surface area (Å²) in [6.45, 7) is -0.561. The van der Waals surface area contributed by atoms with E-state index in [0.29, 0.717) is 24.0 Å². The van der Waals surface area contributed by atoms with E-state index in [4.69, 9.17) is 23.7 Å². The predicted octanol–water partition coefficient (Wildman–Crippen LogP) is -0.284. The van der Waals surface area contributed by atoms with Gasteiger partial charge in [-0.1, -0.05) is 18.2 Å². The molecule has 0 spiro atoms. The van der Waals surface area contributed by atoms with Gasteiger partial charge in [-0.3, -0.25) is 0 Å². The monoisotopic (exact) mass is 494 g/mol. The molecule has 11 heteroatoms. The van der Waals surface area contributed by atoms with E-state index in [0.717, 1.165) is 0 Å². The Bertz CT molecular complexity index is 917. The summed E-state index contributed by atoms with van der Waals surface area (Å²) in [5.41, 5.74) is 0.731. The average molecular weight is 494 g/mol. The lowest BCUT2D eigenvalue weighted by molar-refractivity contribution is -0.342. The quantitative estimate of drug-likeness (QED) is 0.369. The van der Waals surface area contributed by atoms with E-state index in [2.05, 4.69) is 0 Å². The van der Waals surface area contributed by atoms with Crippen LogP contribution < -0.4 is 0 Å². The molecule has 2 fully saturated rings. The third kappa shape index (κ3) is 5.20. The van der Waals surface area contributed by atoms with Crippen molar-refractivity contribution < 1.29 is 53.7 Å². The number of hydrogen-bond acceptors (Lipinski definition) is 11. The fourth-order valence-corrected chi connectivity index (χ4v) is 4.99. The van der Waals surface area contributed by atoms with Crippen molar-refractivity contribution in [2.45, 2.75) is 49.8 Å². The van der Waals surface area contributed by atoms with Crippen LogP contribution in [0, 0.1) is 17.8 Å². The second-order valence-corrected chi connectivity index (χ2v) is 8.89. The first-order chi connectivity index (χ1) is 16.8. The van der Waals surface area contributed by atoms with Crippen LogP contribution in [0.15, 0.2) is 42.2 Å². The standard InChI is InChI=1S/C24H30O11/c1-31-22(30)15-11-33-23(35-24-20(28)19(27)18(26)16(9-25)34-24)17-13(7-8-14(15)17)10-32-21(29)12-5-3-2-4-6-12/h2-6,11,13-14,16-20,23-28H,7-10H2,1H3/t13-,14-,16-,17-,18-,19+,20-,23+,24+/m1/s1. The highest BCUT2D eigenvalue weighted by atomic mass is 16.8. The molecule has 1 saturated heterocycles. The molecule has 9 atom stereocenters. The molecule has 1 aromatic rings. The summed E-state index contributed by atoms with van der Waals surface area (Å²) in [7, 11) is 1.27. The highest BCUT2D eigenvalue weighted by Crippen LogP contribution is 2.48. The SMILES string of the molecule is COC(=O)C1=CO[C@@H](O[C@@H]2O[C@H](CO)[C@@H](O)[C@H](O)[C@H]2O)[C@@H]2[C@@H](COC(=O)c3ccccc3)CC[C@H]12. The molecule has 0 amide bonds. The van der Waals surface area contributed by atoms with Crippen LogP contribution in [0.25, 0.3) is 0 Å². The molecule has 11 nitrogen and oxygen atoms in total. The predicted molar refractivity (Wildman–Crippen MR) is 116 cm³/mol. The highest BCUT2D eigenvalue weighted by molar-refractivity contribution is 5.89. The molecule has 35 heavy (non-hydrogen) atoms. The van der Waals surface area contributed by atoms with Crippen LogP contribution in [-0.2, 0) is 28.5 Å². The smallest absolute Gasteiger partial charge is 0.338 e. The minimum absolute atomic E-state index is 0.0429. The van der Waals surface area contributed by atoms with E-state index < -0.39 is 61.5 Å². The zero-order valence-corrected chi connectivity index (χ0v) is 19.1. The molecule has 1 saturated carbocycles. The van der Waals surface area contributed by atoms with Gasteiger partial charge in [0.2, 0.25) is 6.29 Å². The van der Waals surface area contributed by atoms with Crippen molar-refractivity contribution in [2.24, 2.45) is 17.8 Å². The number of ether oxygens (including phenoxy) is 5. The lowest BCUT2D eigenvalue weighted by Gasteiger charge is -2.43. The van der Waals surface area contributed by atoms with Gasteiger partial charge in [0, 0.05) is 17.8 Å². The van der Waals surface area contributed by atoms with Crippen molar-refractivity contribution in [1.29, 1.82) is 0 Å². The zero-order valence-electron chi connectivity index (χ0n) is 19.1. The van der Waals surface area contributed by atoms with Gasteiger partial charge < -0.3 is 44.1 Å². The molecular formula is C24H30O11. The number of carbonyl (C=O) groups excluding carboxylic acids is 2. The van der Waals surface area contributed by atoms with Crippen molar-refractivity contribution in [2.75, 3.05) is 20.3 Å². The van der Waals surface area contributed by atoms with Crippen LogP contribution in [0.1, 0.15) is 23.2 Å². The maximum Gasteiger partial charge on any atom is 0.338 e. The Morgan fingerprint density at radius 2 is 1.74 bits per heavy atom. The third-order valence-corrected chi connectivity index (χ3v) is 6.88. The van der Waals surface area contributed by atoms with Crippen LogP contribution in [0.2, 0.25) is 0 Å². The first-order valence-electron chi connectivity index (χ1n) is 11.5. The molecule has 0 bridgehead atoms. The number of carbonyl (C=O) groups is 2. The second kappa shape index (κ2) is 11.0. The lowest BCUT2D eigenvalue weighted by Crippen LogP contribution is -2.60. The van der Waals surface area contributed by atoms with Crippen LogP contribution in [-0.4, -0.2) is 89.7 Å². The summed E-state index contributed by atoms with van der Waals surface area (Å²) in [5.74, 6) is -2.08. The number of aliphatic hydroxyl groups excluding tert-OH is 4. The Morgan fingerprint density at radius 1 is 1.00 bits per heavy atom. The minimum atomic E-state index is -1.61. The van der Waals surface area contributed by atoms with Crippen molar-refractivity contribution in [3.05, 3.63) is 47.7 Å². The van der Waals surface area contributed by atoms with Crippen LogP contribution >= 0.6 is 0 Å². The number of methoxy groups -OCH3 is 1. The molecule has 0 aromatic heterocycles. The second-order valence-electron chi connectivity index (χ2n) is 8.89. The first-order valence-corrected chi connectivity index (χ1v) is 11.5. The lowest BCUT2D eigenvalue weighted by atomic mass is 9.83. The van der Waals surface area contributed by atoms with Gasteiger partial charge in [-0.05, 0) is 25.0 Å². The van der Waals surface area contributed by atoms with Gasteiger partial charge in [0.05, 0.1) is 37.7 Å². The molecule has 4 rings (SSSR count). The fraction of sp³-hybridized carbons (Fsp3) is 0.583. The molecule has 1 aliphatic carbocycles. The molecule has 0 unspecified atom stereocenters. The molecule has 4 N–H and O–H groups in total. The van der Waals surface area contributed by atoms with E-state index in [1.807, 2.05) is 0 Å². The zero-order chi connectivity index (χ0) is 25.1. The average Bonchev–Trinajstić information content (AvgIpc) is 3.32. The molecule has 1 aromatic carbocycles. The number of benzene rings is 1. The minimum Gasteiger partial charge on any atom is -0.472 e. The highest BCUT2D eigenvalue weighted by Gasteiger charge is 2.52. The van der Waals surface area contributed by atoms with Gasteiger partial charge in [-0.15, -0.1) is 0 Å². The Morgan fingerprint density at radius 3 is 2.43 bits per heavy atom. The summed E-state index contributed by atoms with van der Waals surface area (Å²) >= 11 is 0. The van der Waals surface area contributed by atoms with Gasteiger partial charge in [0.15, 0.2) is 6.29 Å². The van der Waals surface area contributed by atoms with E-state index in [-0.39, 0.29) is 18.4 Å². The molecule has 0 radical (unpaired) electrons. The van der Waals surface area contributed by atoms with E-state index in [1.54, 1.807) is 30.3 Å². The van der Waals surface area contributed by atoms with Gasteiger partial charge in [-0.25, -0.2) is 9.59 Å². The molecule has 2 aliphatic heterocycles. The summed E-state index contributed by atoms with van der Waals surface area (Å²) < 4.78 is 27.5. The normalized spacial score (nSPS) is 36.5. The summed E-state index contributed by atoms with van der Waals surface area (Å²) in [5, 5.41) is 39.9. The topological polar surface area (TPSA) is 161 Å². The summed E-state index contributed by atoms with van der Waals surface area (Å²) in [4.78, 5) is 24.8. The Labute approximate surface area is 201 Å². The Balaban J connectivity index is 1.51. The third-order valence-electron chi connectivity index (χ3n) is 6.88. The summed E-state index contributed by atoms with van der Waals surface area (Å²) in [6, 6.07) is 8.54. The molecule has 192 valence electrons. The van der Waals surface area contributed by atoms with Crippen molar-refractivity contribution in [1.82, 2.24) is 0 Å². The number of esters is 2.